The fraction of sp³-hybridized carbons (Fsp3) is 0.333. The molecule has 0 radical (unpaired) electrons. The van der Waals surface area contributed by atoms with E-state index >= 15 is 0 Å². The van der Waals surface area contributed by atoms with Crippen molar-refractivity contribution in [3.63, 3.8) is 0 Å². The summed E-state index contributed by atoms with van der Waals surface area (Å²) < 4.78 is 13.6. The Balaban J connectivity index is 0.00000169. The summed E-state index contributed by atoms with van der Waals surface area (Å²) in [7, 11) is 2.73. The molecular formula is C6H6DyN3O4-. The zero-order chi connectivity index (χ0) is 9.68. The van der Waals surface area contributed by atoms with Crippen molar-refractivity contribution in [2.24, 2.45) is 0 Å². The first kappa shape index (κ1) is 13.4. The third-order valence-electron chi connectivity index (χ3n) is 1.07. The van der Waals surface area contributed by atoms with Crippen LogP contribution < -0.4 is 14.2 Å². The van der Waals surface area contributed by atoms with Crippen LogP contribution in [0.1, 0.15) is 0 Å². The molecule has 1 heterocycles. The summed E-state index contributed by atoms with van der Waals surface area (Å²) in [5.74, 6) is 0. The van der Waals surface area contributed by atoms with Gasteiger partial charge in [-0.25, -0.2) is 9.97 Å². The molecule has 0 bridgehead atoms. The summed E-state index contributed by atoms with van der Waals surface area (Å²) in [6.45, 7) is 1.17. The van der Waals surface area contributed by atoms with E-state index in [0.29, 0.717) is 0 Å². The molecule has 1 aromatic heterocycles. The average molecular weight is 347 g/mol. The van der Waals surface area contributed by atoms with Crippen LogP contribution in [0.15, 0.2) is 0 Å². The molecule has 1 rings (SSSR count). The minimum atomic E-state index is -0.223. The van der Waals surface area contributed by atoms with Gasteiger partial charge in [-0.15, -0.1) is 4.98 Å². The first-order chi connectivity index (χ1) is 6.30. The van der Waals surface area contributed by atoms with E-state index in [9.17, 15) is 4.79 Å². The van der Waals surface area contributed by atoms with Gasteiger partial charge in [-0.1, -0.05) is 0 Å². The quantitative estimate of drug-likeness (QED) is 0.669. The van der Waals surface area contributed by atoms with Crippen LogP contribution in [0, 0.1) is 38.2 Å². The number of carbonyl (C=O) groups excluding carboxylic acids is 1. The van der Waals surface area contributed by atoms with Gasteiger partial charge in [0.1, 0.15) is 0 Å². The van der Waals surface area contributed by atoms with E-state index in [-0.39, 0.29) is 56.2 Å². The van der Waals surface area contributed by atoms with Gasteiger partial charge >= 0.3 is 12.0 Å². The Morgan fingerprint density at radius 3 is 1.79 bits per heavy atom. The molecular weight excluding hydrogens is 341 g/mol. The number of methoxy groups -OCH3 is 2. The third-order valence-corrected chi connectivity index (χ3v) is 1.07. The molecule has 0 aromatic carbocycles. The van der Waals surface area contributed by atoms with Gasteiger partial charge in [0.15, 0.2) is 12.5 Å². The predicted octanol–water partition coefficient (Wildman–Crippen LogP) is -0.665. The van der Waals surface area contributed by atoms with E-state index in [2.05, 4.69) is 19.7 Å². The van der Waals surface area contributed by atoms with Crippen molar-refractivity contribution in [2.75, 3.05) is 14.2 Å². The smallest absolute Gasteiger partial charge is 0.306 e. The summed E-state index contributed by atoms with van der Waals surface area (Å²) in [5.41, 5.74) is 0. The Kier molecular flexibility index (Phi) is 6.44. The van der Waals surface area contributed by atoms with Gasteiger partial charge in [0.05, 0.1) is 14.2 Å². The summed E-state index contributed by atoms with van der Waals surface area (Å²) in [5, 5.41) is 0. The Bertz CT molecular complexity index is 287. The molecule has 0 amide bonds. The second kappa shape index (κ2) is 6.75. The number of hydrogen-bond acceptors (Lipinski definition) is 7. The van der Waals surface area contributed by atoms with Gasteiger partial charge in [-0.3, -0.25) is 0 Å². The molecule has 0 unspecified atom stereocenters. The van der Waals surface area contributed by atoms with E-state index in [1.165, 1.54) is 20.7 Å². The van der Waals surface area contributed by atoms with Crippen molar-refractivity contribution in [1.29, 1.82) is 0 Å². The minimum Gasteiger partial charge on any atom is -0.582 e. The van der Waals surface area contributed by atoms with Crippen molar-refractivity contribution in [3.05, 3.63) is 0 Å². The van der Waals surface area contributed by atoms with Gasteiger partial charge in [0, 0.05) is 38.2 Å². The van der Waals surface area contributed by atoms with Gasteiger partial charge in [0.2, 0.25) is 0 Å². The van der Waals surface area contributed by atoms with E-state index < -0.39 is 0 Å². The second-order valence-electron chi connectivity index (χ2n) is 1.78. The fourth-order valence-electron chi connectivity index (χ4n) is 0.586. The number of ether oxygens (including phenoxy) is 3. The monoisotopic (exact) mass is 348 g/mol. The maximum absolute atomic E-state index is 9.84. The standard InChI is InChI=1S/C6H6N3O4.Dy/c1-11-4-7-5(12-2)9-6(8-4)13-3-10;/h1-2H3;/q-1;. The van der Waals surface area contributed by atoms with Crippen LogP contribution in [0.3, 0.4) is 0 Å². The first-order valence-corrected chi connectivity index (χ1v) is 3.18. The van der Waals surface area contributed by atoms with Gasteiger partial charge in [-0.2, -0.15) is 0 Å². The van der Waals surface area contributed by atoms with Crippen LogP contribution in [0.25, 0.3) is 0 Å². The van der Waals surface area contributed by atoms with Crippen molar-refractivity contribution < 1.29 is 57.2 Å². The van der Waals surface area contributed by atoms with E-state index in [1.54, 1.807) is 0 Å². The largest absolute Gasteiger partial charge is 0.582 e. The minimum absolute atomic E-state index is 0. The normalized spacial score (nSPS) is 8.43. The third kappa shape index (κ3) is 3.61. The van der Waals surface area contributed by atoms with E-state index in [0.717, 1.165) is 0 Å². The predicted molar refractivity (Wildman–Crippen MR) is 39.3 cm³/mol. The zero-order valence-corrected chi connectivity index (χ0v) is 9.32. The fourth-order valence-corrected chi connectivity index (χ4v) is 0.586. The molecule has 14 heavy (non-hydrogen) atoms. The second-order valence-corrected chi connectivity index (χ2v) is 1.78. The molecule has 0 spiro atoms. The maximum Gasteiger partial charge on any atom is 0.306 e. The molecule has 80 valence electrons. The van der Waals surface area contributed by atoms with E-state index in [1.807, 2.05) is 0 Å². The Morgan fingerprint density at radius 1 is 1.00 bits per heavy atom. The Labute approximate surface area is 110 Å². The average Bonchev–Trinajstić information content (AvgIpc) is 2.17. The maximum atomic E-state index is 9.84. The van der Waals surface area contributed by atoms with Gasteiger partial charge in [-0.05, 0) is 0 Å². The molecule has 0 saturated carbocycles. The molecule has 0 atom stereocenters. The Hall–Kier alpha value is -0.647. The number of aromatic nitrogens is 3. The van der Waals surface area contributed by atoms with Gasteiger partial charge in [0.25, 0.3) is 0 Å². The van der Waals surface area contributed by atoms with Crippen LogP contribution in [0.2, 0.25) is 0 Å². The molecule has 0 aliphatic heterocycles. The van der Waals surface area contributed by atoms with E-state index in [4.69, 9.17) is 9.47 Å². The number of nitrogens with zero attached hydrogens (tertiary/aromatic N) is 3. The topological polar surface area (TPSA) is 83.4 Å². The van der Waals surface area contributed by atoms with Crippen LogP contribution in [-0.4, -0.2) is 35.6 Å². The molecule has 0 aliphatic carbocycles. The molecule has 0 aliphatic rings. The van der Waals surface area contributed by atoms with Crippen LogP contribution in [0.5, 0.6) is 18.0 Å². The van der Waals surface area contributed by atoms with Crippen LogP contribution in [-0.2, 0) is 4.79 Å². The molecule has 1 aromatic rings. The SMILES string of the molecule is COc1nc(OC)nc(O[C-]=O)n1.[Dy]. The number of rotatable bonds is 4. The molecule has 8 heteroatoms. The molecule has 0 fully saturated rings. The van der Waals surface area contributed by atoms with Gasteiger partial charge < -0.3 is 19.0 Å². The Morgan fingerprint density at radius 2 is 1.43 bits per heavy atom. The van der Waals surface area contributed by atoms with Crippen molar-refractivity contribution >= 4 is 6.47 Å². The summed E-state index contributed by atoms with van der Waals surface area (Å²) >= 11 is 0. The first-order valence-electron chi connectivity index (χ1n) is 3.18. The summed E-state index contributed by atoms with van der Waals surface area (Å²) in [6.07, 6.45) is 0. The van der Waals surface area contributed by atoms with Crippen LogP contribution in [0.4, 0.5) is 0 Å². The molecule has 0 saturated heterocycles. The van der Waals surface area contributed by atoms with Crippen molar-refractivity contribution in [2.45, 2.75) is 0 Å². The molecule has 0 N–H and O–H groups in total. The number of hydrogen-bond donors (Lipinski definition) is 0. The zero-order valence-electron chi connectivity index (χ0n) is 7.29. The van der Waals surface area contributed by atoms with Crippen molar-refractivity contribution in [1.82, 2.24) is 15.0 Å². The summed E-state index contributed by atoms with van der Waals surface area (Å²) in [6, 6.07) is -0.229. The van der Waals surface area contributed by atoms with Crippen LogP contribution >= 0.6 is 0 Å². The van der Waals surface area contributed by atoms with Crippen molar-refractivity contribution in [3.8, 4) is 18.0 Å². The summed E-state index contributed by atoms with van der Waals surface area (Å²) in [4.78, 5) is 20.7. The molecule has 7 nitrogen and oxygen atoms in total.